The summed E-state index contributed by atoms with van der Waals surface area (Å²) in [6, 6.07) is 4.74. The molecule has 1 atom stereocenters. The van der Waals surface area contributed by atoms with Gasteiger partial charge < -0.3 is 4.90 Å². The van der Waals surface area contributed by atoms with Crippen molar-refractivity contribution in [1.29, 1.82) is 5.26 Å². The topological polar surface area (TPSA) is 112 Å². The third-order valence-electron chi connectivity index (χ3n) is 5.39. The molecular formula is C20H17F3N6O3S. The molecule has 33 heavy (non-hydrogen) atoms. The van der Waals surface area contributed by atoms with E-state index >= 15 is 0 Å². The first kappa shape index (κ1) is 22.7. The predicted octanol–water partition coefficient (Wildman–Crippen LogP) is 2.15. The number of carbonyl (C=O) groups excluding carboxylic acids is 1. The molecule has 2 aromatic heterocycles. The highest BCUT2D eigenvalue weighted by Gasteiger charge is 2.36. The lowest BCUT2D eigenvalue weighted by molar-refractivity contribution is -0.137. The van der Waals surface area contributed by atoms with Gasteiger partial charge in [-0.1, -0.05) is 0 Å². The minimum absolute atomic E-state index is 0.0232. The molecule has 3 heterocycles. The molecule has 0 aliphatic carbocycles. The third-order valence-corrected chi connectivity index (χ3v) is 7.27. The summed E-state index contributed by atoms with van der Waals surface area (Å²) < 4.78 is 66.6. The number of nitrogens with zero attached hydrogens (tertiary/aromatic N) is 6. The predicted molar refractivity (Wildman–Crippen MR) is 108 cm³/mol. The van der Waals surface area contributed by atoms with Gasteiger partial charge >= 0.3 is 6.18 Å². The number of nitriles is 1. The van der Waals surface area contributed by atoms with Gasteiger partial charge in [-0.05, 0) is 31.2 Å². The summed E-state index contributed by atoms with van der Waals surface area (Å²) in [4.78, 5) is 18.5. The van der Waals surface area contributed by atoms with Crippen molar-refractivity contribution in [2.75, 3.05) is 19.6 Å². The maximum atomic E-state index is 13.1. The van der Waals surface area contributed by atoms with Crippen LogP contribution in [0.2, 0.25) is 0 Å². The molecule has 4 rings (SSSR count). The Balaban J connectivity index is 1.52. The number of piperazine rings is 1. The van der Waals surface area contributed by atoms with E-state index in [0.29, 0.717) is 0 Å². The lowest BCUT2D eigenvalue weighted by atomic mass is 10.2. The standard InChI is InChI=1S/C20H17F3N6O3S/c1-13-11-27(33(31,32)16-4-2-15(3-5-16)20(21,22)23)6-7-28(13)19(30)17-10-26-29-12-14(8-24)9-25-18(17)29/h2-5,9-10,12-13H,6-7,11H2,1H3/t13-/m0/s1. The molecule has 0 saturated carbocycles. The van der Waals surface area contributed by atoms with E-state index in [1.807, 2.05) is 6.07 Å². The highest BCUT2D eigenvalue weighted by atomic mass is 32.2. The van der Waals surface area contributed by atoms with Crippen molar-refractivity contribution in [3.8, 4) is 6.07 Å². The van der Waals surface area contributed by atoms with Crippen LogP contribution in [0, 0.1) is 11.3 Å². The monoisotopic (exact) mass is 478 g/mol. The number of amides is 1. The number of hydrogen-bond donors (Lipinski definition) is 0. The van der Waals surface area contributed by atoms with Crippen LogP contribution in [0.5, 0.6) is 0 Å². The summed E-state index contributed by atoms with van der Waals surface area (Å²) in [6.45, 7) is 1.71. The fourth-order valence-electron chi connectivity index (χ4n) is 3.65. The van der Waals surface area contributed by atoms with Crippen LogP contribution in [0.25, 0.3) is 5.65 Å². The van der Waals surface area contributed by atoms with Gasteiger partial charge in [-0.25, -0.2) is 17.9 Å². The Kier molecular flexibility index (Phi) is 5.59. The summed E-state index contributed by atoms with van der Waals surface area (Å²) in [5, 5.41) is 13.0. The molecule has 3 aromatic rings. The van der Waals surface area contributed by atoms with Crippen LogP contribution in [0.4, 0.5) is 13.2 Å². The van der Waals surface area contributed by atoms with Crippen molar-refractivity contribution in [2.45, 2.75) is 24.0 Å². The number of fused-ring (bicyclic) bond motifs is 1. The summed E-state index contributed by atoms with van der Waals surface area (Å²) in [6.07, 6.45) is -0.460. The average Bonchev–Trinajstić information content (AvgIpc) is 3.21. The number of halogens is 3. The van der Waals surface area contributed by atoms with Crippen LogP contribution >= 0.6 is 0 Å². The van der Waals surface area contributed by atoms with E-state index in [1.54, 1.807) is 6.92 Å². The van der Waals surface area contributed by atoms with E-state index in [0.717, 1.165) is 28.6 Å². The van der Waals surface area contributed by atoms with Gasteiger partial charge in [0.25, 0.3) is 5.91 Å². The van der Waals surface area contributed by atoms with Crippen LogP contribution in [0.1, 0.15) is 28.4 Å². The van der Waals surface area contributed by atoms with Gasteiger partial charge in [0.1, 0.15) is 11.6 Å². The van der Waals surface area contributed by atoms with E-state index in [2.05, 4.69) is 10.1 Å². The number of carbonyl (C=O) groups is 1. The Bertz CT molecular complexity index is 1360. The second-order valence-electron chi connectivity index (χ2n) is 7.51. The molecule has 1 aliphatic rings. The van der Waals surface area contributed by atoms with E-state index in [4.69, 9.17) is 5.26 Å². The number of sulfonamides is 1. The molecular weight excluding hydrogens is 461 g/mol. The maximum Gasteiger partial charge on any atom is 0.416 e. The molecule has 1 amide bonds. The Hall–Kier alpha value is -3.50. The number of benzene rings is 1. The molecule has 9 nitrogen and oxygen atoms in total. The Morgan fingerprint density at radius 2 is 1.88 bits per heavy atom. The summed E-state index contributed by atoms with van der Waals surface area (Å²) >= 11 is 0. The van der Waals surface area contributed by atoms with E-state index in [-0.39, 0.29) is 47.2 Å². The number of aromatic nitrogens is 3. The molecule has 1 saturated heterocycles. The molecule has 0 N–H and O–H groups in total. The van der Waals surface area contributed by atoms with Crippen LogP contribution in [-0.2, 0) is 16.2 Å². The molecule has 1 aromatic carbocycles. The van der Waals surface area contributed by atoms with E-state index < -0.39 is 27.8 Å². The van der Waals surface area contributed by atoms with Crippen molar-refractivity contribution in [2.24, 2.45) is 0 Å². The number of rotatable bonds is 3. The first-order chi connectivity index (χ1) is 15.5. The summed E-state index contributed by atoms with van der Waals surface area (Å²) in [5.74, 6) is -0.388. The van der Waals surface area contributed by atoms with Crippen LogP contribution in [0.3, 0.4) is 0 Å². The highest BCUT2D eigenvalue weighted by Crippen LogP contribution is 2.30. The highest BCUT2D eigenvalue weighted by molar-refractivity contribution is 7.89. The SMILES string of the molecule is C[C@H]1CN(S(=O)(=O)c2ccc(C(F)(F)F)cc2)CCN1C(=O)c1cnn2cc(C#N)cnc12. The Labute approximate surface area is 186 Å². The largest absolute Gasteiger partial charge is 0.416 e. The van der Waals surface area contributed by atoms with Crippen LogP contribution in [0.15, 0.2) is 47.8 Å². The zero-order valence-electron chi connectivity index (χ0n) is 17.2. The van der Waals surface area contributed by atoms with Gasteiger partial charge in [-0.2, -0.15) is 27.8 Å². The van der Waals surface area contributed by atoms with Gasteiger partial charge in [0.05, 0.1) is 28.4 Å². The molecule has 172 valence electrons. The minimum Gasteiger partial charge on any atom is -0.333 e. The fourth-order valence-corrected chi connectivity index (χ4v) is 5.16. The van der Waals surface area contributed by atoms with Crippen molar-refractivity contribution in [3.63, 3.8) is 0 Å². The normalized spacial score (nSPS) is 17.8. The first-order valence-electron chi connectivity index (χ1n) is 9.74. The number of alkyl halides is 3. The van der Waals surface area contributed by atoms with Gasteiger partial charge in [-0.15, -0.1) is 0 Å². The lowest BCUT2D eigenvalue weighted by Gasteiger charge is -2.39. The second-order valence-corrected chi connectivity index (χ2v) is 9.45. The molecule has 1 fully saturated rings. The third kappa shape index (κ3) is 4.14. The van der Waals surface area contributed by atoms with E-state index in [1.165, 1.54) is 28.0 Å². The smallest absolute Gasteiger partial charge is 0.333 e. The zero-order valence-corrected chi connectivity index (χ0v) is 18.0. The van der Waals surface area contributed by atoms with Gasteiger partial charge in [-0.3, -0.25) is 4.79 Å². The maximum absolute atomic E-state index is 13.1. The zero-order chi connectivity index (χ0) is 24.0. The van der Waals surface area contributed by atoms with Crippen molar-refractivity contribution >= 4 is 21.6 Å². The summed E-state index contributed by atoms with van der Waals surface area (Å²) in [7, 11) is -4.03. The molecule has 0 radical (unpaired) electrons. The van der Waals surface area contributed by atoms with Gasteiger partial charge in [0.2, 0.25) is 10.0 Å². The van der Waals surface area contributed by atoms with Gasteiger partial charge in [0.15, 0.2) is 5.65 Å². The lowest BCUT2D eigenvalue weighted by Crippen LogP contribution is -2.55. The average molecular weight is 478 g/mol. The first-order valence-corrected chi connectivity index (χ1v) is 11.2. The quantitative estimate of drug-likeness (QED) is 0.570. The van der Waals surface area contributed by atoms with Crippen molar-refractivity contribution in [1.82, 2.24) is 23.8 Å². The Morgan fingerprint density at radius 3 is 2.48 bits per heavy atom. The number of hydrogen-bond acceptors (Lipinski definition) is 6. The second kappa shape index (κ2) is 8.13. The van der Waals surface area contributed by atoms with Crippen LogP contribution in [-0.4, -0.2) is 63.8 Å². The summed E-state index contributed by atoms with van der Waals surface area (Å²) in [5.41, 5.74) is -0.175. The van der Waals surface area contributed by atoms with Crippen LogP contribution < -0.4 is 0 Å². The minimum atomic E-state index is -4.56. The molecule has 0 bridgehead atoms. The molecule has 13 heteroatoms. The van der Waals surface area contributed by atoms with Crippen molar-refractivity contribution < 1.29 is 26.4 Å². The molecule has 1 aliphatic heterocycles. The Morgan fingerprint density at radius 1 is 1.18 bits per heavy atom. The fraction of sp³-hybridized carbons (Fsp3) is 0.300. The van der Waals surface area contributed by atoms with E-state index in [9.17, 15) is 26.4 Å². The molecule has 0 unspecified atom stereocenters. The van der Waals surface area contributed by atoms with Gasteiger partial charge in [0, 0.05) is 31.9 Å². The van der Waals surface area contributed by atoms with Crippen molar-refractivity contribution in [3.05, 3.63) is 59.5 Å². The molecule has 0 spiro atoms.